The van der Waals surface area contributed by atoms with E-state index in [9.17, 15) is 4.79 Å². The number of aromatic nitrogens is 1. The number of carbonyl (C=O) groups excluding carboxylic acids is 1. The van der Waals surface area contributed by atoms with Crippen LogP contribution in [-0.4, -0.2) is 24.7 Å². The summed E-state index contributed by atoms with van der Waals surface area (Å²) in [7, 11) is 1.54. The average molecular weight is 306 g/mol. The van der Waals surface area contributed by atoms with Crippen molar-refractivity contribution in [1.82, 2.24) is 10.3 Å². The van der Waals surface area contributed by atoms with Crippen LogP contribution in [0.3, 0.4) is 0 Å². The summed E-state index contributed by atoms with van der Waals surface area (Å²) in [6.45, 7) is 0.529. The molecular formula is C15H16ClN3O2. The molecule has 5 nitrogen and oxygen atoms in total. The van der Waals surface area contributed by atoms with E-state index in [1.807, 2.05) is 12.1 Å². The van der Waals surface area contributed by atoms with Crippen LogP contribution in [0.25, 0.3) is 0 Å². The standard InChI is InChI=1S/C15H16ClN3O2/c1-21-14-5-4-12(9-13(14)16)19-15(20)18-8-6-11-3-2-7-17-10-11/h2-5,7,9-10H,6,8H2,1H3,(H2,18,19,20). The number of nitrogens with one attached hydrogen (secondary N) is 2. The minimum atomic E-state index is -0.278. The summed E-state index contributed by atoms with van der Waals surface area (Å²) < 4.78 is 5.05. The molecule has 0 saturated carbocycles. The van der Waals surface area contributed by atoms with Crippen LogP contribution in [0.15, 0.2) is 42.7 Å². The third-order valence-electron chi connectivity index (χ3n) is 2.83. The lowest BCUT2D eigenvalue weighted by atomic mass is 10.2. The Kier molecular flexibility index (Phi) is 5.40. The number of benzene rings is 1. The van der Waals surface area contributed by atoms with Crippen LogP contribution in [0.1, 0.15) is 5.56 Å². The first-order valence-corrected chi connectivity index (χ1v) is 6.84. The van der Waals surface area contributed by atoms with Gasteiger partial charge in [0.15, 0.2) is 0 Å². The fourth-order valence-corrected chi connectivity index (χ4v) is 2.04. The van der Waals surface area contributed by atoms with Crippen molar-refractivity contribution >= 4 is 23.3 Å². The molecule has 0 aliphatic rings. The Morgan fingerprint density at radius 2 is 2.24 bits per heavy atom. The molecule has 1 aromatic heterocycles. The number of amides is 2. The summed E-state index contributed by atoms with van der Waals surface area (Å²) in [6, 6.07) is 8.63. The summed E-state index contributed by atoms with van der Waals surface area (Å²) in [5, 5.41) is 5.94. The number of ether oxygens (including phenoxy) is 1. The van der Waals surface area contributed by atoms with Crippen molar-refractivity contribution in [2.75, 3.05) is 19.0 Å². The number of urea groups is 1. The molecule has 0 atom stereocenters. The van der Waals surface area contributed by atoms with Gasteiger partial charge in [0, 0.05) is 24.6 Å². The van der Waals surface area contributed by atoms with Gasteiger partial charge in [-0.05, 0) is 36.2 Å². The Labute approximate surface area is 128 Å². The molecule has 1 heterocycles. The van der Waals surface area contributed by atoms with Crippen LogP contribution in [-0.2, 0) is 6.42 Å². The van der Waals surface area contributed by atoms with Gasteiger partial charge >= 0.3 is 6.03 Å². The van der Waals surface area contributed by atoms with Crippen LogP contribution in [0.5, 0.6) is 5.75 Å². The van der Waals surface area contributed by atoms with Gasteiger partial charge in [0.05, 0.1) is 12.1 Å². The van der Waals surface area contributed by atoms with Crippen molar-refractivity contribution < 1.29 is 9.53 Å². The molecule has 1 aromatic carbocycles. The number of halogens is 1. The second-order valence-electron chi connectivity index (χ2n) is 4.34. The first-order chi connectivity index (χ1) is 10.2. The lowest BCUT2D eigenvalue weighted by Gasteiger charge is -2.09. The fourth-order valence-electron chi connectivity index (χ4n) is 1.79. The second-order valence-corrected chi connectivity index (χ2v) is 4.75. The van der Waals surface area contributed by atoms with Crippen LogP contribution in [0.4, 0.5) is 10.5 Å². The maximum absolute atomic E-state index is 11.8. The molecule has 0 radical (unpaired) electrons. The zero-order valence-electron chi connectivity index (χ0n) is 11.6. The van der Waals surface area contributed by atoms with Crippen LogP contribution in [0, 0.1) is 0 Å². The van der Waals surface area contributed by atoms with Gasteiger partial charge in [-0.15, -0.1) is 0 Å². The van der Waals surface area contributed by atoms with Gasteiger partial charge in [-0.2, -0.15) is 0 Å². The Morgan fingerprint density at radius 3 is 2.90 bits per heavy atom. The van der Waals surface area contributed by atoms with E-state index in [1.54, 1.807) is 37.7 Å². The van der Waals surface area contributed by atoms with E-state index in [0.717, 1.165) is 12.0 Å². The van der Waals surface area contributed by atoms with Gasteiger partial charge < -0.3 is 15.4 Å². The molecule has 0 aliphatic heterocycles. The van der Waals surface area contributed by atoms with Gasteiger partial charge in [0.25, 0.3) is 0 Å². The molecule has 0 bridgehead atoms. The van der Waals surface area contributed by atoms with Crippen molar-refractivity contribution in [3.05, 3.63) is 53.3 Å². The Bertz CT molecular complexity index is 605. The van der Waals surface area contributed by atoms with E-state index in [4.69, 9.17) is 16.3 Å². The zero-order chi connectivity index (χ0) is 15.1. The van der Waals surface area contributed by atoms with Gasteiger partial charge in [0.1, 0.15) is 5.75 Å². The summed E-state index contributed by atoms with van der Waals surface area (Å²) in [6.07, 6.45) is 4.23. The van der Waals surface area contributed by atoms with Gasteiger partial charge in [-0.3, -0.25) is 4.98 Å². The lowest BCUT2D eigenvalue weighted by Crippen LogP contribution is -2.30. The predicted octanol–water partition coefficient (Wildman–Crippen LogP) is 3.11. The third-order valence-corrected chi connectivity index (χ3v) is 3.13. The summed E-state index contributed by atoms with van der Waals surface area (Å²) in [4.78, 5) is 15.8. The summed E-state index contributed by atoms with van der Waals surface area (Å²) >= 11 is 5.99. The average Bonchev–Trinajstić information content (AvgIpc) is 2.48. The molecule has 21 heavy (non-hydrogen) atoms. The molecule has 0 fully saturated rings. The first-order valence-electron chi connectivity index (χ1n) is 6.46. The van der Waals surface area contributed by atoms with Gasteiger partial charge in [0.2, 0.25) is 0 Å². The quantitative estimate of drug-likeness (QED) is 0.892. The normalized spacial score (nSPS) is 10.0. The zero-order valence-corrected chi connectivity index (χ0v) is 12.4. The molecule has 0 unspecified atom stereocenters. The molecule has 0 saturated heterocycles. The predicted molar refractivity (Wildman–Crippen MR) is 83.0 cm³/mol. The minimum Gasteiger partial charge on any atom is -0.495 e. The Hall–Kier alpha value is -2.27. The SMILES string of the molecule is COc1ccc(NC(=O)NCCc2cccnc2)cc1Cl. The molecule has 2 aromatic rings. The maximum atomic E-state index is 11.8. The number of anilines is 1. The number of methoxy groups -OCH3 is 1. The van der Waals surface area contributed by atoms with Crippen LogP contribution in [0.2, 0.25) is 5.02 Å². The summed E-state index contributed by atoms with van der Waals surface area (Å²) in [5.74, 6) is 0.569. The number of hydrogen-bond donors (Lipinski definition) is 2. The Morgan fingerprint density at radius 1 is 1.38 bits per heavy atom. The van der Waals surface area contributed by atoms with E-state index in [1.165, 1.54) is 0 Å². The molecule has 0 spiro atoms. The van der Waals surface area contributed by atoms with Crippen molar-refractivity contribution in [1.29, 1.82) is 0 Å². The maximum Gasteiger partial charge on any atom is 0.319 e. The van der Waals surface area contributed by atoms with E-state index in [2.05, 4.69) is 15.6 Å². The molecule has 0 aliphatic carbocycles. The molecule has 2 amide bonds. The minimum absolute atomic E-state index is 0.278. The lowest BCUT2D eigenvalue weighted by molar-refractivity contribution is 0.252. The van der Waals surface area contributed by atoms with E-state index >= 15 is 0 Å². The van der Waals surface area contributed by atoms with Crippen molar-refractivity contribution in [3.63, 3.8) is 0 Å². The molecule has 6 heteroatoms. The number of hydrogen-bond acceptors (Lipinski definition) is 3. The fraction of sp³-hybridized carbons (Fsp3) is 0.200. The number of carbonyl (C=O) groups is 1. The van der Waals surface area contributed by atoms with Gasteiger partial charge in [-0.1, -0.05) is 17.7 Å². The van der Waals surface area contributed by atoms with E-state index in [-0.39, 0.29) is 6.03 Å². The Balaban J connectivity index is 1.80. The second kappa shape index (κ2) is 7.50. The van der Waals surface area contributed by atoms with Crippen LogP contribution < -0.4 is 15.4 Å². The van der Waals surface area contributed by atoms with Crippen molar-refractivity contribution in [3.8, 4) is 5.75 Å². The highest BCUT2D eigenvalue weighted by atomic mass is 35.5. The molecule has 2 N–H and O–H groups in total. The molecular weight excluding hydrogens is 290 g/mol. The van der Waals surface area contributed by atoms with Crippen molar-refractivity contribution in [2.24, 2.45) is 0 Å². The highest BCUT2D eigenvalue weighted by Gasteiger charge is 2.05. The van der Waals surface area contributed by atoms with Gasteiger partial charge in [-0.25, -0.2) is 4.79 Å². The molecule has 2 rings (SSSR count). The third kappa shape index (κ3) is 4.65. The van der Waals surface area contributed by atoms with E-state index in [0.29, 0.717) is 23.0 Å². The molecule has 110 valence electrons. The number of nitrogens with zero attached hydrogens (tertiary/aromatic N) is 1. The topological polar surface area (TPSA) is 63.2 Å². The number of rotatable bonds is 5. The van der Waals surface area contributed by atoms with Crippen molar-refractivity contribution in [2.45, 2.75) is 6.42 Å². The highest BCUT2D eigenvalue weighted by molar-refractivity contribution is 6.32. The largest absolute Gasteiger partial charge is 0.495 e. The van der Waals surface area contributed by atoms with E-state index < -0.39 is 0 Å². The highest BCUT2D eigenvalue weighted by Crippen LogP contribution is 2.27. The van der Waals surface area contributed by atoms with Crippen LogP contribution >= 0.6 is 11.6 Å². The smallest absolute Gasteiger partial charge is 0.319 e. The summed E-state index contributed by atoms with van der Waals surface area (Å²) in [5.41, 5.74) is 1.69. The first kappa shape index (κ1) is 15.1. The number of pyridine rings is 1. The monoisotopic (exact) mass is 305 g/mol.